The van der Waals surface area contributed by atoms with Gasteiger partial charge in [-0.25, -0.2) is 0 Å². The van der Waals surface area contributed by atoms with Gasteiger partial charge in [0.15, 0.2) is 0 Å². The molecule has 0 fully saturated rings. The smallest absolute Gasteiger partial charge is 0.143 e. The van der Waals surface area contributed by atoms with Crippen molar-refractivity contribution >= 4 is 5.69 Å². The normalized spacial score (nSPS) is 10.5. The first-order valence-electron chi connectivity index (χ1n) is 6.59. The fourth-order valence-corrected chi connectivity index (χ4v) is 2.14. The SMILES string of the molecule is Cc1ccc(O)c(CNc2ccccc2-n2cnnn2)c1. The predicted molar refractivity (Wildman–Crippen MR) is 79.3 cm³/mol. The van der Waals surface area contributed by atoms with Gasteiger partial charge in [-0.15, -0.1) is 5.10 Å². The highest BCUT2D eigenvalue weighted by Crippen LogP contribution is 2.22. The number of rotatable bonds is 4. The summed E-state index contributed by atoms with van der Waals surface area (Å²) in [4.78, 5) is 0. The molecule has 0 amide bonds. The van der Waals surface area contributed by atoms with Crippen molar-refractivity contribution in [3.05, 3.63) is 59.9 Å². The lowest BCUT2D eigenvalue weighted by Crippen LogP contribution is -2.05. The molecule has 3 aromatic rings. The maximum absolute atomic E-state index is 9.89. The number of para-hydroxylation sites is 2. The van der Waals surface area contributed by atoms with Crippen LogP contribution in [-0.2, 0) is 6.54 Å². The number of nitrogens with zero attached hydrogens (tertiary/aromatic N) is 4. The van der Waals surface area contributed by atoms with E-state index >= 15 is 0 Å². The molecule has 0 unspecified atom stereocenters. The summed E-state index contributed by atoms with van der Waals surface area (Å²) in [6.07, 6.45) is 1.55. The van der Waals surface area contributed by atoms with Crippen molar-refractivity contribution < 1.29 is 5.11 Å². The molecule has 0 saturated carbocycles. The Morgan fingerprint density at radius 2 is 2.05 bits per heavy atom. The van der Waals surface area contributed by atoms with Gasteiger partial charge in [0.05, 0.1) is 11.4 Å². The molecule has 106 valence electrons. The highest BCUT2D eigenvalue weighted by Gasteiger charge is 2.06. The van der Waals surface area contributed by atoms with Crippen molar-refractivity contribution in [1.29, 1.82) is 0 Å². The molecule has 3 rings (SSSR count). The fourth-order valence-electron chi connectivity index (χ4n) is 2.14. The van der Waals surface area contributed by atoms with Crippen molar-refractivity contribution in [3.8, 4) is 11.4 Å². The van der Waals surface area contributed by atoms with Crippen LogP contribution in [0.1, 0.15) is 11.1 Å². The van der Waals surface area contributed by atoms with Gasteiger partial charge in [0, 0.05) is 12.1 Å². The zero-order valence-corrected chi connectivity index (χ0v) is 11.6. The third kappa shape index (κ3) is 2.84. The number of phenols is 1. The lowest BCUT2D eigenvalue weighted by atomic mass is 10.1. The largest absolute Gasteiger partial charge is 0.508 e. The van der Waals surface area contributed by atoms with Gasteiger partial charge < -0.3 is 10.4 Å². The van der Waals surface area contributed by atoms with E-state index in [1.54, 1.807) is 17.1 Å². The molecule has 0 radical (unpaired) electrons. The monoisotopic (exact) mass is 281 g/mol. The number of phenolic OH excluding ortho intramolecular Hbond substituents is 1. The van der Waals surface area contributed by atoms with Crippen LogP contribution in [0.2, 0.25) is 0 Å². The second-order valence-electron chi connectivity index (χ2n) is 4.76. The standard InChI is InChI=1S/C15H15N5O/c1-11-6-7-15(21)12(8-11)9-16-13-4-2-3-5-14(13)20-10-17-18-19-20/h2-8,10,16,21H,9H2,1H3. The van der Waals surface area contributed by atoms with E-state index in [-0.39, 0.29) is 5.75 Å². The second-order valence-corrected chi connectivity index (χ2v) is 4.76. The third-order valence-electron chi connectivity index (χ3n) is 3.20. The van der Waals surface area contributed by atoms with Crippen molar-refractivity contribution in [3.63, 3.8) is 0 Å². The number of aryl methyl sites for hydroxylation is 1. The molecular weight excluding hydrogens is 266 g/mol. The number of aromatic nitrogens is 4. The molecule has 0 aliphatic rings. The molecule has 2 N–H and O–H groups in total. The van der Waals surface area contributed by atoms with Crippen molar-refractivity contribution in [2.24, 2.45) is 0 Å². The zero-order valence-electron chi connectivity index (χ0n) is 11.6. The van der Waals surface area contributed by atoms with Gasteiger partial charge in [0.1, 0.15) is 12.1 Å². The van der Waals surface area contributed by atoms with E-state index in [2.05, 4.69) is 20.8 Å². The van der Waals surface area contributed by atoms with Crippen molar-refractivity contribution in [1.82, 2.24) is 20.2 Å². The highest BCUT2D eigenvalue weighted by atomic mass is 16.3. The molecule has 0 aliphatic heterocycles. The lowest BCUT2D eigenvalue weighted by molar-refractivity contribution is 0.469. The maximum Gasteiger partial charge on any atom is 0.143 e. The van der Waals surface area contributed by atoms with E-state index in [1.165, 1.54) is 0 Å². The summed E-state index contributed by atoms with van der Waals surface area (Å²) in [6.45, 7) is 2.52. The molecule has 6 heteroatoms. The summed E-state index contributed by atoms with van der Waals surface area (Å²) in [7, 11) is 0. The molecular formula is C15H15N5O. The Balaban J connectivity index is 1.84. The Hall–Kier alpha value is -2.89. The Morgan fingerprint density at radius 3 is 2.86 bits per heavy atom. The Bertz CT molecular complexity index is 740. The lowest BCUT2D eigenvalue weighted by Gasteiger charge is -2.12. The van der Waals surface area contributed by atoms with E-state index in [0.717, 1.165) is 22.5 Å². The molecule has 0 saturated heterocycles. The summed E-state index contributed by atoms with van der Waals surface area (Å²) in [5.41, 5.74) is 3.71. The first-order valence-corrected chi connectivity index (χ1v) is 6.59. The van der Waals surface area contributed by atoms with Crippen LogP contribution in [0.15, 0.2) is 48.8 Å². The van der Waals surface area contributed by atoms with Gasteiger partial charge in [0.2, 0.25) is 0 Å². The van der Waals surface area contributed by atoms with Gasteiger partial charge in [0.25, 0.3) is 0 Å². The number of hydrogen-bond acceptors (Lipinski definition) is 5. The molecule has 6 nitrogen and oxygen atoms in total. The van der Waals surface area contributed by atoms with Gasteiger partial charge in [-0.1, -0.05) is 29.8 Å². The number of anilines is 1. The van der Waals surface area contributed by atoms with Gasteiger partial charge in [-0.05, 0) is 35.5 Å². The summed E-state index contributed by atoms with van der Waals surface area (Å²) >= 11 is 0. The van der Waals surface area contributed by atoms with Crippen LogP contribution in [-0.4, -0.2) is 25.3 Å². The topological polar surface area (TPSA) is 75.9 Å². The minimum atomic E-state index is 0.285. The van der Waals surface area contributed by atoms with Crippen molar-refractivity contribution in [2.45, 2.75) is 13.5 Å². The van der Waals surface area contributed by atoms with Crippen LogP contribution in [0.5, 0.6) is 5.75 Å². The number of nitrogens with one attached hydrogen (secondary N) is 1. The Morgan fingerprint density at radius 1 is 1.19 bits per heavy atom. The number of benzene rings is 2. The fraction of sp³-hybridized carbons (Fsp3) is 0.133. The molecule has 1 aromatic heterocycles. The van der Waals surface area contributed by atoms with E-state index in [9.17, 15) is 5.11 Å². The maximum atomic E-state index is 9.89. The summed E-state index contributed by atoms with van der Waals surface area (Å²) in [5, 5.41) is 24.4. The van der Waals surface area contributed by atoms with Crippen LogP contribution in [0, 0.1) is 6.92 Å². The van der Waals surface area contributed by atoms with E-state index in [4.69, 9.17) is 0 Å². The van der Waals surface area contributed by atoms with E-state index in [1.807, 2.05) is 43.3 Å². The average molecular weight is 281 g/mol. The van der Waals surface area contributed by atoms with Crippen LogP contribution in [0.4, 0.5) is 5.69 Å². The Kier molecular flexibility index (Phi) is 3.51. The third-order valence-corrected chi connectivity index (χ3v) is 3.20. The minimum Gasteiger partial charge on any atom is -0.508 e. The quantitative estimate of drug-likeness (QED) is 0.767. The molecule has 1 heterocycles. The van der Waals surface area contributed by atoms with Gasteiger partial charge in [-0.2, -0.15) is 4.68 Å². The molecule has 0 spiro atoms. The van der Waals surface area contributed by atoms with Gasteiger partial charge >= 0.3 is 0 Å². The molecule has 2 aromatic carbocycles. The van der Waals surface area contributed by atoms with Crippen LogP contribution >= 0.6 is 0 Å². The number of hydrogen-bond donors (Lipinski definition) is 2. The van der Waals surface area contributed by atoms with Crippen LogP contribution in [0.25, 0.3) is 5.69 Å². The van der Waals surface area contributed by atoms with E-state index < -0.39 is 0 Å². The average Bonchev–Trinajstić information content (AvgIpc) is 3.03. The van der Waals surface area contributed by atoms with Crippen LogP contribution < -0.4 is 5.32 Å². The van der Waals surface area contributed by atoms with Crippen LogP contribution in [0.3, 0.4) is 0 Å². The predicted octanol–water partition coefficient (Wildman–Crippen LogP) is 2.29. The highest BCUT2D eigenvalue weighted by molar-refractivity contribution is 5.60. The van der Waals surface area contributed by atoms with Crippen molar-refractivity contribution in [2.75, 3.05) is 5.32 Å². The number of tetrazole rings is 1. The Labute approximate surface area is 122 Å². The summed E-state index contributed by atoms with van der Waals surface area (Å²) in [5.74, 6) is 0.285. The number of aromatic hydroxyl groups is 1. The zero-order chi connectivity index (χ0) is 14.7. The molecule has 0 atom stereocenters. The summed E-state index contributed by atoms with van der Waals surface area (Å²) in [6, 6.07) is 13.3. The molecule has 0 aliphatic carbocycles. The van der Waals surface area contributed by atoms with E-state index in [0.29, 0.717) is 6.54 Å². The molecule has 21 heavy (non-hydrogen) atoms. The van der Waals surface area contributed by atoms with Gasteiger partial charge in [-0.3, -0.25) is 0 Å². The molecule has 0 bridgehead atoms. The minimum absolute atomic E-state index is 0.285. The summed E-state index contributed by atoms with van der Waals surface area (Å²) < 4.78 is 1.60. The first kappa shape index (κ1) is 13.1. The second kappa shape index (κ2) is 5.62. The first-order chi connectivity index (χ1) is 10.2.